The summed E-state index contributed by atoms with van der Waals surface area (Å²) in [4.78, 5) is 1.47. The fraction of sp³-hybridized carbons (Fsp3) is 0.684. The first-order valence-electron chi connectivity index (χ1n) is 8.70. The van der Waals surface area contributed by atoms with Gasteiger partial charge < -0.3 is 5.32 Å². The van der Waals surface area contributed by atoms with E-state index in [1.165, 1.54) is 49.0 Å². The minimum absolute atomic E-state index is 0.697. The lowest BCUT2D eigenvalue weighted by Gasteiger charge is -2.36. The first kappa shape index (κ1) is 16.9. The van der Waals surface area contributed by atoms with E-state index >= 15 is 0 Å². The molecular formula is C19H31NS. The predicted molar refractivity (Wildman–Crippen MR) is 95.2 cm³/mol. The van der Waals surface area contributed by atoms with Crippen molar-refractivity contribution in [2.75, 3.05) is 6.54 Å². The van der Waals surface area contributed by atoms with E-state index in [0.717, 1.165) is 17.7 Å². The van der Waals surface area contributed by atoms with Gasteiger partial charge in [-0.25, -0.2) is 0 Å². The molecule has 2 heteroatoms. The Kier molecular flexibility index (Phi) is 7.12. The van der Waals surface area contributed by atoms with Crippen LogP contribution in [0.2, 0.25) is 0 Å². The maximum atomic E-state index is 3.80. The van der Waals surface area contributed by atoms with Gasteiger partial charge in [0.1, 0.15) is 0 Å². The number of thioether (sulfide) groups is 1. The van der Waals surface area contributed by atoms with E-state index < -0.39 is 0 Å². The van der Waals surface area contributed by atoms with Gasteiger partial charge in [0.05, 0.1) is 0 Å². The van der Waals surface area contributed by atoms with Gasteiger partial charge in [0, 0.05) is 16.2 Å². The van der Waals surface area contributed by atoms with Crippen LogP contribution in [0.25, 0.3) is 0 Å². The van der Waals surface area contributed by atoms with Crippen molar-refractivity contribution in [1.82, 2.24) is 5.32 Å². The first-order chi connectivity index (χ1) is 10.2. The number of hydrogen-bond acceptors (Lipinski definition) is 2. The van der Waals surface area contributed by atoms with Gasteiger partial charge in [-0.15, -0.1) is 11.8 Å². The van der Waals surface area contributed by atoms with Crippen molar-refractivity contribution >= 4 is 11.8 Å². The summed E-state index contributed by atoms with van der Waals surface area (Å²) in [7, 11) is 0. The van der Waals surface area contributed by atoms with Gasteiger partial charge in [0.25, 0.3) is 0 Å². The van der Waals surface area contributed by atoms with Gasteiger partial charge in [0.15, 0.2) is 0 Å². The van der Waals surface area contributed by atoms with Gasteiger partial charge in [-0.2, -0.15) is 0 Å². The largest absolute Gasteiger partial charge is 0.313 e. The molecule has 0 heterocycles. The Morgan fingerprint density at radius 3 is 2.67 bits per heavy atom. The monoisotopic (exact) mass is 305 g/mol. The SMILES string of the molecule is CCCNC1CCC(CCC)CC1Sc1ccccc1C. The van der Waals surface area contributed by atoms with Crippen LogP contribution < -0.4 is 5.32 Å². The van der Waals surface area contributed by atoms with Gasteiger partial charge in [-0.3, -0.25) is 0 Å². The Bertz CT molecular complexity index is 418. The maximum Gasteiger partial charge on any atom is 0.0251 e. The molecule has 0 aliphatic heterocycles. The highest BCUT2D eigenvalue weighted by molar-refractivity contribution is 8.00. The van der Waals surface area contributed by atoms with Crippen LogP contribution in [0, 0.1) is 12.8 Å². The highest BCUT2D eigenvalue weighted by Crippen LogP contribution is 2.39. The van der Waals surface area contributed by atoms with E-state index in [9.17, 15) is 0 Å². The third-order valence-electron chi connectivity index (χ3n) is 4.63. The zero-order valence-corrected chi connectivity index (χ0v) is 14.7. The molecule has 1 aromatic rings. The van der Waals surface area contributed by atoms with Crippen LogP contribution in [0.1, 0.15) is 57.9 Å². The molecule has 1 nitrogen and oxygen atoms in total. The van der Waals surface area contributed by atoms with E-state index in [1.54, 1.807) is 0 Å². The summed E-state index contributed by atoms with van der Waals surface area (Å²) in [5, 5.41) is 4.54. The number of benzene rings is 1. The van der Waals surface area contributed by atoms with E-state index in [2.05, 4.69) is 62.1 Å². The minimum atomic E-state index is 0.697. The Labute approximate surface area is 135 Å². The van der Waals surface area contributed by atoms with Crippen LogP contribution in [0.3, 0.4) is 0 Å². The normalized spacial score (nSPS) is 26.0. The molecule has 0 saturated heterocycles. The predicted octanol–water partition coefficient (Wildman–Crippen LogP) is 5.42. The second-order valence-corrected chi connectivity index (χ2v) is 7.73. The van der Waals surface area contributed by atoms with Crippen LogP contribution in [0.4, 0.5) is 0 Å². The first-order valence-corrected chi connectivity index (χ1v) is 9.58. The fourth-order valence-electron chi connectivity index (χ4n) is 3.43. The summed E-state index contributed by atoms with van der Waals surface area (Å²) in [5.41, 5.74) is 1.43. The molecular weight excluding hydrogens is 274 g/mol. The molecule has 0 radical (unpaired) electrons. The number of nitrogens with one attached hydrogen (secondary N) is 1. The number of rotatable bonds is 7. The molecule has 1 aliphatic carbocycles. The molecule has 3 atom stereocenters. The minimum Gasteiger partial charge on any atom is -0.313 e. The maximum absolute atomic E-state index is 3.80. The third kappa shape index (κ3) is 5.03. The summed E-state index contributed by atoms with van der Waals surface area (Å²) in [6.07, 6.45) is 8.13. The van der Waals surface area contributed by atoms with Crippen molar-refractivity contribution in [3.63, 3.8) is 0 Å². The molecule has 21 heavy (non-hydrogen) atoms. The van der Waals surface area contributed by atoms with Gasteiger partial charge in [0.2, 0.25) is 0 Å². The summed E-state index contributed by atoms with van der Waals surface area (Å²) in [5.74, 6) is 0.941. The summed E-state index contributed by atoms with van der Waals surface area (Å²) < 4.78 is 0. The Balaban J connectivity index is 2.03. The molecule has 1 aromatic carbocycles. The van der Waals surface area contributed by atoms with Gasteiger partial charge >= 0.3 is 0 Å². The molecule has 3 unspecified atom stereocenters. The van der Waals surface area contributed by atoms with E-state index in [-0.39, 0.29) is 0 Å². The topological polar surface area (TPSA) is 12.0 Å². The average molecular weight is 306 g/mol. The standard InChI is InChI=1S/C19H31NS/c1-4-8-16-11-12-17(20-13-5-2)19(14-16)21-18-10-7-6-9-15(18)3/h6-7,9-10,16-17,19-20H,4-5,8,11-14H2,1-3H3. The summed E-state index contributed by atoms with van der Waals surface area (Å²) in [6, 6.07) is 9.55. The number of aryl methyl sites for hydroxylation is 1. The summed E-state index contributed by atoms with van der Waals surface area (Å²) in [6.45, 7) is 7.99. The Morgan fingerprint density at radius 2 is 1.95 bits per heavy atom. The fourth-order valence-corrected chi connectivity index (χ4v) is 4.93. The van der Waals surface area contributed by atoms with Gasteiger partial charge in [-0.05, 0) is 56.7 Å². The van der Waals surface area contributed by atoms with Crippen molar-refractivity contribution in [1.29, 1.82) is 0 Å². The van der Waals surface area contributed by atoms with Crippen molar-refractivity contribution in [3.8, 4) is 0 Å². The third-order valence-corrected chi connectivity index (χ3v) is 6.16. The molecule has 0 bridgehead atoms. The molecule has 1 aliphatic rings. The second-order valence-electron chi connectivity index (χ2n) is 6.45. The highest BCUT2D eigenvalue weighted by atomic mass is 32.2. The molecule has 0 aromatic heterocycles. The molecule has 0 amide bonds. The molecule has 118 valence electrons. The van der Waals surface area contributed by atoms with Crippen LogP contribution >= 0.6 is 11.8 Å². The highest BCUT2D eigenvalue weighted by Gasteiger charge is 2.30. The second kappa shape index (κ2) is 8.85. The zero-order valence-electron chi connectivity index (χ0n) is 13.9. The van der Waals surface area contributed by atoms with Crippen molar-refractivity contribution < 1.29 is 0 Å². The lowest BCUT2D eigenvalue weighted by atomic mass is 9.83. The van der Waals surface area contributed by atoms with E-state index in [1.807, 2.05) is 0 Å². The van der Waals surface area contributed by atoms with Crippen LogP contribution in [0.15, 0.2) is 29.2 Å². The number of hydrogen-bond donors (Lipinski definition) is 1. The van der Waals surface area contributed by atoms with E-state index in [4.69, 9.17) is 0 Å². The lowest BCUT2D eigenvalue weighted by Crippen LogP contribution is -2.43. The zero-order chi connectivity index (χ0) is 15.1. The smallest absolute Gasteiger partial charge is 0.0251 e. The van der Waals surface area contributed by atoms with E-state index in [0.29, 0.717) is 6.04 Å². The Morgan fingerprint density at radius 1 is 1.14 bits per heavy atom. The average Bonchev–Trinajstić information content (AvgIpc) is 2.49. The van der Waals surface area contributed by atoms with Crippen LogP contribution in [-0.2, 0) is 0 Å². The van der Waals surface area contributed by atoms with Crippen LogP contribution in [0.5, 0.6) is 0 Å². The molecule has 0 spiro atoms. The molecule has 1 saturated carbocycles. The van der Waals surface area contributed by atoms with Crippen molar-refractivity contribution in [3.05, 3.63) is 29.8 Å². The molecule has 1 fully saturated rings. The van der Waals surface area contributed by atoms with Gasteiger partial charge in [-0.1, -0.05) is 44.9 Å². The lowest BCUT2D eigenvalue weighted by molar-refractivity contribution is 0.287. The van der Waals surface area contributed by atoms with Crippen molar-refractivity contribution in [2.45, 2.75) is 75.5 Å². The Hall–Kier alpha value is -0.470. The summed E-state index contributed by atoms with van der Waals surface area (Å²) >= 11 is 2.12. The van der Waals surface area contributed by atoms with Crippen LogP contribution in [-0.4, -0.2) is 17.8 Å². The quantitative estimate of drug-likeness (QED) is 0.721. The molecule has 2 rings (SSSR count). The van der Waals surface area contributed by atoms with Crippen molar-refractivity contribution in [2.24, 2.45) is 5.92 Å². The molecule has 1 N–H and O–H groups in total.